The van der Waals surface area contributed by atoms with Crippen molar-refractivity contribution in [2.24, 2.45) is 0 Å². The SMILES string of the molecule is Nc1ccn2nc(C(=O)NC3CC3)nc2c1. The molecule has 3 N–H and O–H groups in total. The fourth-order valence-corrected chi connectivity index (χ4v) is 1.47. The lowest BCUT2D eigenvalue weighted by atomic mass is 10.4. The molecule has 16 heavy (non-hydrogen) atoms. The highest BCUT2D eigenvalue weighted by Crippen LogP contribution is 2.19. The third-order valence-corrected chi connectivity index (χ3v) is 2.48. The number of nitrogens with two attached hydrogens (primary N) is 1. The smallest absolute Gasteiger partial charge is 0.291 e. The Kier molecular flexibility index (Phi) is 1.82. The summed E-state index contributed by atoms with van der Waals surface area (Å²) in [7, 11) is 0. The number of hydrogen-bond donors (Lipinski definition) is 2. The van der Waals surface area contributed by atoms with Gasteiger partial charge in [-0.2, -0.15) is 0 Å². The highest BCUT2D eigenvalue weighted by molar-refractivity contribution is 5.91. The van der Waals surface area contributed by atoms with E-state index in [4.69, 9.17) is 5.73 Å². The normalized spacial score (nSPS) is 15.2. The van der Waals surface area contributed by atoms with Crippen molar-refractivity contribution in [1.29, 1.82) is 0 Å². The molecule has 6 nitrogen and oxygen atoms in total. The molecule has 3 rings (SSSR count). The van der Waals surface area contributed by atoms with Gasteiger partial charge < -0.3 is 11.1 Å². The van der Waals surface area contributed by atoms with Crippen molar-refractivity contribution in [3.8, 4) is 0 Å². The molecule has 0 bridgehead atoms. The van der Waals surface area contributed by atoms with Crippen molar-refractivity contribution < 1.29 is 4.79 Å². The number of carbonyl (C=O) groups excluding carboxylic acids is 1. The molecule has 0 radical (unpaired) electrons. The van der Waals surface area contributed by atoms with Crippen LogP contribution in [0.15, 0.2) is 18.3 Å². The largest absolute Gasteiger partial charge is 0.399 e. The number of nitrogens with one attached hydrogen (secondary N) is 1. The quantitative estimate of drug-likeness (QED) is 0.752. The monoisotopic (exact) mass is 217 g/mol. The molecule has 1 fully saturated rings. The molecule has 1 aliphatic rings. The molecule has 6 heteroatoms. The van der Waals surface area contributed by atoms with Gasteiger partial charge in [-0.3, -0.25) is 4.79 Å². The Balaban J connectivity index is 1.94. The van der Waals surface area contributed by atoms with Gasteiger partial charge in [0.2, 0.25) is 5.82 Å². The zero-order chi connectivity index (χ0) is 11.1. The zero-order valence-corrected chi connectivity index (χ0v) is 8.55. The van der Waals surface area contributed by atoms with Crippen LogP contribution in [0.3, 0.4) is 0 Å². The Hall–Kier alpha value is -2.11. The van der Waals surface area contributed by atoms with Gasteiger partial charge in [-0.05, 0) is 18.9 Å². The molecular formula is C10H11N5O. The van der Waals surface area contributed by atoms with Crippen molar-refractivity contribution in [3.63, 3.8) is 0 Å². The lowest BCUT2D eigenvalue weighted by Gasteiger charge is -1.96. The third-order valence-electron chi connectivity index (χ3n) is 2.48. The number of carbonyl (C=O) groups is 1. The number of nitrogen functional groups attached to an aromatic ring is 1. The second-order valence-electron chi connectivity index (χ2n) is 3.95. The molecule has 0 spiro atoms. The number of fused-ring (bicyclic) bond motifs is 1. The van der Waals surface area contributed by atoms with E-state index in [0.29, 0.717) is 17.4 Å². The van der Waals surface area contributed by atoms with Crippen LogP contribution in [-0.4, -0.2) is 26.5 Å². The van der Waals surface area contributed by atoms with Gasteiger partial charge in [-0.1, -0.05) is 0 Å². The Morgan fingerprint density at radius 3 is 3.12 bits per heavy atom. The minimum absolute atomic E-state index is 0.192. The van der Waals surface area contributed by atoms with Crippen LogP contribution in [0.2, 0.25) is 0 Å². The van der Waals surface area contributed by atoms with Crippen molar-refractivity contribution >= 4 is 17.2 Å². The maximum atomic E-state index is 11.7. The molecule has 2 aromatic heterocycles. The minimum atomic E-state index is -0.218. The van der Waals surface area contributed by atoms with Crippen LogP contribution in [0.5, 0.6) is 0 Å². The van der Waals surface area contributed by atoms with Crippen molar-refractivity contribution in [3.05, 3.63) is 24.2 Å². The van der Waals surface area contributed by atoms with E-state index < -0.39 is 0 Å². The highest BCUT2D eigenvalue weighted by Gasteiger charge is 2.25. The van der Waals surface area contributed by atoms with Crippen LogP contribution >= 0.6 is 0 Å². The van der Waals surface area contributed by atoms with Gasteiger partial charge in [-0.15, -0.1) is 5.10 Å². The number of pyridine rings is 1. The molecule has 1 aliphatic carbocycles. The van der Waals surface area contributed by atoms with E-state index in [1.54, 1.807) is 18.3 Å². The average molecular weight is 217 g/mol. The molecular weight excluding hydrogens is 206 g/mol. The number of hydrogen-bond acceptors (Lipinski definition) is 4. The van der Waals surface area contributed by atoms with Gasteiger partial charge in [0.25, 0.3) is 5.91 Å². The Morgan fingerprint density at radius 1 is 1.56 bits per heavy atom. The summed E-state index contributed by atoms with van der Waals surface area (Å²) in [5, 5.41) is 6.91. The summed E-state index contributed by atoms with van der Waals surface area (Å²) in [6.07, 6.45) is 3.78. The van der Waals surface area contributed by atoms with Crippen LogP contribution in [0.4, 0.5) is 5.69 Å². The fourth-order valence-electron chi connectivity index (χ4n) is 1.47. The van der Waals surface area contributed by atoms with E-state index in [2.05, 4.69) is 15.4 Å². The van der Waals surface area contributed by atoms with E-state index in [9.17, 15) is 4.79 Å². The summed E-state index contributed by atoms with van der Waals surface area (Å²) >= 11 is 0. The fraction of sp³-hybridized carbons (Fsp3) is 0.300. The van der Waals surface area contributed by atoms with Crippen molar-refractivity contribution in [1.82, 2.24) is 19.9 Å². The molecule has 2 aromatic rings. The lowest BCUT2D eigenvalue weighted by Crippen LogP contribution is -2.26. The van der Waals surface area contributed by atoms with E-state index in [1.807, 2.05) is 0 Å². The first-order valence-corrected chi connectivity index (χ1v) is 5.15. The zero-order valence-electron chi connectivity index (χ0n) is 8.55. The van der Waals surface area contributed by atoms with Gasteiger partial charge in [0.15, 0.2) is 5.65 Å². The first-order valence-electron chi connectivity index (χ1n) is 5.15. The average Bonchev–Trinajstić information content (AvgIpc) is 2.95. The number of rotatable bonds is 2. The van der Waals surface area contributed by atoms with Crippen LogP contribution in [0.25, 0.3) is 5.65 Å². The molecule has 2 heterocycles. The van der Waals surface area contributed by atoms with E-state index in [1.165, 1.54) is 4.52 Å². The molecule has 1 amide bonds. The molecule has 0 unspecified atom stereocenters. The molecule has 1 saturated carbocycles. The number of amides is 1. The van der Waals surface area contributed by atoms with Crippen molar-refractivity contribution in [2.45, 2.75) is 18.9 Å². The second-order valence-corrected chi connectivity index (χ2v) is 3.95. The molecule has 0 aliphatic heterocycles. The third kappa shape index (κ3) is 1.58. The van der Waals surface area contributed by atoms with Gasteiger partial charge in [0, 0.05) is 24.0 Å². The highest BCUT2D eigenvalue weighted by atomic mass is 16.2. The Morgan fingerprint density at radius 2 is 2.38 bits per heavy atom. The van der Waals surface area contributed by atoms with Gasteiger partial charge >= 0.3 is 0 Å². The van der Waals surface area contributed by atoms with Gasteiger partial charge in [0.1, 0.15) is 0 Å². The maximum absolute atomic E-state index is 11.7. The van der Waals surface area contributed by atoms with Crippen molar-refractivity contribution in [2.75, 3.05) is 5.73 Å². The predicted octanol–water partition coefficient (Wildman–Crippen LogP) is 0.204. The molecule has 82 valence electrons. The van der Waals surface area contributed by atoms with Crippen LogP contribution in [-0.2, 0) is 0 Å². The molecule has 0 atom stereocenters. The lowest BCUT2D eigenvalue weighted by molar-refractivity contribution is 0.0941. The van der Waals surface area contributed by atoms with Gasteiger partial charge in [0.05, 0.1) is 0 Å². The first kappa shape index (κ1) is 9.14. The maximum Gasteiger partial charge on any atom is 0.291 e. The Bertz CT molecular complexity index is 557. The standard InChI is InChI=1S/C10H11N5O/c11-6-3-4-15-8(5-6)13-9(14-15)10(16)12-7-1-2-7/h3-5,7H,1-2,11H2,(H,12,16). The van der Waals surface area contributed by atoms with Crippen LogP contribution in [0, 0.1) is 0 Å². The summed E-state index contributed by atoms with van der Waals surface area (Å²) in [5.74, 6) is -0.0257. The predicted molar refractivity (Wildman–Crippen MR) is 57.9 cm³/mol. The van der Waals surface area contributed by atoms with Gasteiger partial charge in [-0.25, -0.2) is 9.50 Å². The summed E-state index contributed by atoms with van der Waals surface area (Å²) in [6, 6.07) is 3.70. The van der Waals surface area contributed by atoms with E-state index in [0.717, 1.165) is 12.8 Å². The van der Waals surface area contributed by atoms with E-state index >= 15 is 0 Å². The van der Waals surface area contributed by atoms with Crippen LogP contribution < -0.4 is 11.1 Å². The molecule has 0 saturated heterocycles. The number of nitrogens with zero attached hydrogens (tertiary/aromatic N) is 3. The summed E-state index contributed by atoms with van der Waals surface area (Å²) in [4.78, 5) is 15.8. The molecule has 0 aromatic carbocycles. The number of anilines is 1. The second kappa shape index (κ2) is 3.19. The topological polar surface area (TPSA) is 85.3 Å². The summed E-state index contributed by atoms with van der Waals surface area (Å²) in [6.45, 7) is 0. The Labute approximate surface area is 91.5 Å². The van der Waals surface area contributed by atoms with E-state index in [-0.39, 0.29) is 11.7 Å². The minimum Gasteiger partial charge on any atom is -0.399 e. The van der Waals surface area contributed by atoms with Crippen LogP contribution in [0.1, 0.15) is 23.5 Å². The first-order chi connectivity index (χ1) is 7.72. The summed E-state index contributed by atoms with van der Waals surface area (Å²) < 4.78 is 1.54. The summed E-state index contributed by atoms with van der Waals surface area (Å²) in [5.41, 5.74) is 6.81. The number of aromatic nitrogens is 3.